The van der Waals surface area contributed by atoms with Crippen molar-refractivity contribution in [3.8, 4) is 0 Å². The average Bonchev–Trinajstić information content (AvgIpc) is 2.77. The van der Waals surface area contributed by atoms with Gasteiger partial charge in [-0.1, -0.05) is 19.3 Å². The van der Waals surface area contributed by atoms with Crippen molar-refractivity contribution in [2.75, 3.05) is 19.8 Å². The Bertz CT molecular complexity index is 513. The molecule has 176 valence electrons. The van der Waals surface area contributed by atoms with E-state index in [-0.39, 0.29) is 0 Å². The number of hydrogen-bond acceptors (Lipinski definition) is 11. The van der Waals surface area contributed by atoms with Crippen molar-refractivity contribution in [2.24, 2.45) is 5.92 Å². The van der Waals surface area contributed by atoms with Gasteiger partial charge >= 0.3 is 0 Å². The van der Waals surface area contributed by atoms with E-state index >= 15 is 0 Å². The highest BCUT2D eigenvalue weighted by atomic mass is 16.7. The monoisotopic (exact) mass is 438 g/mol. The maximum atomic E-state index is 10.6. The molecule has 6 unspecified atom stereocenters. The average molecular weight is 438 g/mol. The Balaban J connectivity index is 1.61. The topological polar surface area (TPSA) is 179 Å². The minimum absolute atomic E-state index is 0.349. The van der Waals surface area contributed by atoms with Crippen LogP contribution in [-0.2, 0) is 18.9 Å². The summed E-state index contributed by atoms with van der Waals surface area (Å²) in [7, 11) is 0. The number of ether oxygens (including phenoxy) is 4. The van der Waals surface area contributed by atoms with Gasteiger partial charge in [-0.15, -0.1) is 0 Å². The van der Waals surface area contributed by atoms with Gasteiger partial charge in [0.15, 0.2) is 12.6 Å². The summed E-state index contributed by atoms with van der Waals surface area (Å²) >= 11 is 0. The maximum absolute atomic E-state index is 10.6. The lowest BCUT2D eigenvalue weighted by atomic mass is 9.90. The van der Waals surface area contributed by atoms with E-state index in [9.17, 15) is 35.7 Å². The van der Waals surface area contributed by atoms with Crippen molar-refractivity contribution >= 4 is 0 Å². The normalized spacial score (nSPS) is 46.1. The van der Waals surface area contributed by atoms with Gasteiger partial charge in [0.25, 0.3) is 0 Å². The molecule has 30 heavy (non-hydrogen) atoms. The second kappa shape index (κ2) is 10.9. The molecule has 3 aliphatic rings. The lowest BCUT2D eigenvalue weighted by Gasteiger charge is -2.46. The van der Waals surface area contributed by atoms with Crippen molar-refractivity contribution in [1.29, 1.82) is 0 Å². The van der Waals surface area contributed by atoms with Crippen molar-refractivity contribution in [2.45, 2.75) is 93.5 Å². The highest BCUT2D eigenvalue weighted by Gasteiger charge is 2.50. The first-order chi connectivity index (χ1) is 14.4. The van der Waals surface area contributed by atoms with Crippen LogP contribution in [0.1, 0.15) is 32.1 Å². The van der Waals surface area contributed by atoms with Crippen LogP contribution in [0.4, 0.5) is 0 Å². The van der Waals surface area contributed by atoms with Gasteiger partial charge in [-0.3, -0.25) is 0 Å². The summed E-state index contributed by atoms with van der Waals surface area (Å²) in [6.07, 6.45) is -8.75. The van der Waals surface area contributed by atoms with Gasteiger partial charge < -0.3 is 54.7 Å². The summed E-state index contributed by atoms with van der Waals surface area (Å²) in [6.45, 7) is -0.850. The predicted octanol–water partition coefficient (Wildman–Crippen LogP) is -2.79. The van der Waals surface area contributed by atoms with Crippen LogP contribution in [0.2, 0.25) is 0 Å². The van der Waals surface area contributed by atoms with Crippen LogP contribution >= 0.6 is 0 Å². The second-order valence-corrected chi connectivity index (χ2v) is 8.34. The number of hydrogen-bond donors (Lipinski definition) is 7. The SMILES string of the molecule is OCC1O[C@H](O[C@@H]2C(CO)O[C@@H](OCC3CCCCC3)C(O)C2O)C(O)C(O)[C@@H]1O. The molecule has 0 aromatic carbocycles. The molecule has 0 radical (unpaired) electrons. The van der Waals surface area contributed by atoms with Crippen molar-refractivity contribution in [3.05, 3.63) is 0 Å². The van der Waals surface area contributed by atoms with Gasteiger partial charge in [-0.25, -0.2) is 0 Å². The summed E-state index contributed by atoms with van der Waals surface area (Å²) in [6, 6.07) is 0. The smallest absolute Gasteiger partial charge is 0.187 e. The van der Waals surface area contributed by atoms with Gasteiger partial charge in [0.05, 0.1) is 19.8 Å². The fraction of sp³-hybridized carbons (Fsp3) is 1.00. The molecular weight excluding hydrogens is 404 g/mol. The Morgan fingerprint density at radius 1 is 0.667 bits per heavy atom. The third kappa shape index (κ3) is 5.30. The standard InChI is InChI=1S/C19H34O11/c20-6-10-12(22)13(23)15(25)19(28-10)30-17-11(7-21)29-18(16(26)14(17)24)27-8-9-4-2-1-3-5-9/h9-26H,1-8H2/t10?,11?,12-,13?,14?,15?,16?,17-,18-,19-/m1/s1. The van der Waals surface area contributed by atoms with Crippen LogP contribution in [0.25, 0.3) is 0 Å². The van der Waals surface area contributed by atoms with E-state index < -0.39 is 74.6 Å². The predicted molar refractivity (Wildman–Crippen MR) is 98.9 cm³/mol. The van der Waals surface area contributed by atoms with Gasteiger partial charge in [0.1, 0.15) is 48.8 Å². The van der Waals surface area contributed by atoms with E-state index in [4.69, 9.17) is 18.9 Å². The van der Waals surface area contributed by atoms with Crippen molar-refractivity contribution in [1.82, 2.24) is 0 Å². The summed E-state index contributed by atoms with van der Waals surface area (Å²) in [5, 5.41) is 69.9. The Morgan fingerprint density at radius 3 is 1.90 bits per heavy atom. The Labute approximate surface area is 174 Å². The van der Waals surface area contributed by atoms with Crippen molar-refractivity contribution < 1.29 is 54.7 Å². The molecule has 11 heteroatoms. The molecule has 0 amide bonds. The van der Waals surface area contributed by atoms with Gasteiger partial charge in [0, 0.05) is 0 Å². The first-order valence-corrected chi connectivity index (χ1v) is 10.6. The summed E-state index contributed by atoms with van der Waals surface area (Å²) in [4.78, 5) is 0. The fourth-order valence-corrected chi connectivity index (χ4v) is 4.28. The second-order valence-electron chi connectivity index (χ2n) is 8.34. The highest BCUT2D eigenvalue weighted by molar-refractivity contribution is 4.94. The molecule has 7 N–H and O–H groups in total. The highest BCUT2D eigenvalue weighted by Crippen LogP contribution is 2.30. The molecule has 11 nitrogen and oxygen atoms in total. The van der Waals surface area contributed by atoms with E-state index in [1.807, 2.05) is 0 Å². The molecule has 0 aromatic heterocycles. The van der Waals surface area contributed by atoms with E-state index in [1.165, 1.54) is 6.42 Å². The summed E-state index contributed by atoms with van der Waals surface area (Å²) in [5.41, 5.74) is 0. The van der Waals surface area contributed by atoms with Crippen LogP contribution in [0.15, 0.2) is 0 Å². The molecule has 0 aromatic rings. The Hall–Kier alpha value is -0.440. The number of aliphatic hydroxyl groups excluding tert-OH is 7. The van der Waals surface area contributed by atoms with Crippen LogP contribution in [0.5, 0.6) is 0 Å². The third-order valence-corrected chi connectivity index (χ3v) is 6.18. The quantitative estimate of drug-likeness (QED) is 0.218. The summed E-state index contributed by atoms with van der Waals surface area (Å²) < 4.78 is 22.1. The molecule has 0 spiro atoms. The van der Waals surface area contributed by atoms with E-state index in [0.717, 1.165) is 25.7 Å². The van der Waals surface area contributed by atoms with Crippen LogP contribution < -0.4 is 0 Å². The molecule has 3 rings (SSSR count). The van der Waals surface area contributed by atoms with Crippen molar-refractivity contribution in [3.63, 3.8) is 0 Å². The lowest BCUT2D eigenvalue weighted by molar-refractivity contribution is -0.360. The molecular formula is C19H34O11. The zero-order valence-corrected chi connectivity index (χ0v) is 16.8. The largest absolute Gasteiger partial charge is 0.394 e. The van der Waals surface area contributed by atoms with E-state index in [2.05, 4.69) is 0 Å². The van der Waals surface area contributed by atoms with Gasteiger partial charge in [0.2, 0.25) is 0 Å². The molecule has 0 bridgehead atoms. The number of rotatable bonds is 7. The van der Waals surface area contributed by atoms with Crippen LogP contribution in [0, 0.1) is 5.92 Å². The Morgan fingerprint density at radius 2 is 1.27 bits per heavy atom. The zero-order chi connectivity index (χ0) is 21.8. The van der Waals surface area contributed by atoms with E-state index in [1.54, 1.807) is 0 Å². The van der Waals surface area contributed by atoms with Gasteiger partial charge in [-0.2, -0.15) is 0 Å². The zero-order valence-electron chi connectivity index (χ0n) is 16.8. The molecule has 3 fully saturated rings. The minimum atomic E-state index is -1.69. The molecule has 10 atom stereocenters. The molecule has 2 saturated heterocycles. The van der Waals surface area contributed by atoms with Gasteiger partial charge in [-0.05, 0) is 18.8 Å². The summed E-state index contributed by atoms with van der Waals surface area (Å²) in [5.74, 6) is 0.349. The Kier molecular flexibility index (Phi) is 8.82. The first kappa shape index (κ1) is 24.2. The number of aliphatic hydroxyl groups is 7. The van der Waals surface area contributed by atoms with Crippen LogP contribution in [0.3, 0.4) is 0 Å². The van der Waals surface area contributed by atoms with E-state index in [0.29, 0.717) is 12.5 Å². The molecule has 2 aliphatic heterocycles. The minimum Gasteiger partial charge on any atom is -0.394 e. The first-order valence-electron chi connectivity index (χ1n) is 10.6. The fourth-order valence-electron chi connectivity index (χ4n) is 4.28. The van der Waals surface area contributed by atoms with Crippen LogP contribution in [-0.4, -0.2) is 117 Å². The molecule has 2 heterocycles. The lowest BCUT2D eigenvalue weighted by Crippen LogP contribution is -2.64. The maximum Gasteiger partial charge on any atom is 0.187 e. The molecule has 1 saturated carbocycles. The third-order valence-electron chi connectivity index (χ3n) is 6.18. The molecule has 1 aliphatic carbocycles.